The van der Waals surface area contributed by atoms with Gasteiger partial charge in [-0.05, 0) is 41.8 Å². The van der Waals surface area contributed by atoms with Gasteiger partial charge in [0.1, 0.15) is 0 Å². The molecule has 0 saturated heterocycles. The molecule has 8 nitrogen and oxygen atoms in total. The van der Waals surface area contributed by atoms with Crippen molar-refractivity contribution < 1.29 is 22.7 Å². The Balaban J connectivity index is 1.80. The van der Waals surface area contributed by atoms with E-state index in [1.165, 1.54) is 38.6 Å². The topological polar surface area (TPSA) is 97.3 Å². The fourth-order valence-corrected chi connectivity index (χ4v) is 5.00. The number of carbonyl (C=O) groups excluding carboxylic acids is 1. The zero-order chi connectivity index (χ0) is 26.1. The van der Waals surface area contributed by atoms with Gasteiger partial charge in [-0.25, -0.2) is 13.8 Å². The molecule has 1 amide bonds. The lowest BCUT2D eigenvalue weighted by atomic mass is 10.1. The number of halogens is 2. The van der Waals surface area contributed by atoms with Gasteiger partial charge >= 0.3 is 0 Å². The molecule has 0 aliphatic carbocycles. The number of amides is 1. The van der Waals surface area contributed by atoms with Gasteiger partial charge in [0.05, 0.1) is 41.9 Å². The predicted octanol–water partition coefficient (Wildman–Crippen LogP) is 4.39. The molecule has 0 aliphatic rings. The van der Waals surface area contributed by atoms with E-state index in [2.05, 4.69) is 10.5 Å². The molecular weight excluding hydrogens is 525 g/mol. The summed E-state index contributed by atoms with van der Waals surface area (Å²) in [6.07, 6.45) is 1.80. The first-order chi connectivity index (χ1) is 17.2. The summed E-state index contributed by atoms with van der Waals surface area (Å²) in [6, 6.07) is 18.5. The molecule has 11 heteroatoms. The van der Waals surface area contributed by atoms with Crippen LogP contribution in [0, 0.1) is 0 Å². The van der Waals surface area contributed by atoms with Crippen molar-refractivity contribution in [2.75, 3.05) is 27.3 Å². The Kier molecular flexibility index (Phi) is 9.72. The number of sulfonamides is 1. The van der Waals surface area contributed by atoms with E-state index >= 15 is 0 Å². The molecule has 0 bridgehead atoms. The number of rotatable bonds is 11. The van der Waals surface area contributed by atoms with Gasteiger partial charge in [-0.1, -0.05) is 59.6 Å². The number of ether oxygens (including phenoxy) is 2. The Labute approximate surface area is 220 Å². The van der Waals surface area contributed by atoms with Crippen LogP contribution < -0.4 is 14.9 Å². The summed E-state index contributed by atoms with van der Waals surface area (Å²) in [7, 11) is -1.18. The Morgan fingerprint density at radius 1 is 0.972 bits per heavy atom. The van der Waals surface area contributed by atoms with Crippen LogP contribution in [0.25, 0.3) is 0 Å². The monoisotopic (exact) mass is 549 g/mol. The summed E-state index contributed by atoms with van der Waals surface area (Å²) >= 11 is 11.9. The maximum Gasteiger partial charge on any atom is 0.255 e. The Bertz CT molecular complexity index is 1330. The Morgan fingerprint density at radius 3 is 2.36 bits per heavy atom. The maximum absolute atomic E-state index is 13.5. The molecule has 0 radical (unpaired) electrons. The van der Waals surface area contributed by atoms with E-state index in [1.54, 1.807) is 18.2 Å². The lowest BCUT2D eigenvalue weighted by Gasteiger charge is -2.22. The van der Waals surface area contributed by atoms with Crippen LogP contribution in [0.5, 0.6) is 11.5 Å². The SMILES string of the molecule is COc1ccc(S(=O)(=O)N(CCc2ccccc2)CC(=O)N/N=C\c2ccc(Cl)c(Cl)c2)cc1OC. The van der Waals surface area contributed by atoms with Gasteiger partial charge in [-0.2, -0.15) is 9.41 Å². The largest absolute Gasteiger partial charge is 0.493 e. The number of benzene rings is 3. The molecule has 3 aromatic rings. The molecular formula is C25H25Cl2N3O5S. The van der Waals surface area contributed by atoms with Gasteiger partial charge in [0.25, 0.3) is 5.91 Å². The lowest BCUT2D eigenvalue weighted by molar-refractivity contribution is -0.121. The average molecular weight is 550 g/mol. The highest BCUT2D eigenvalue weighted by atomic mass is 35.5. The molecule has 0 heterocycles. The summed E-state index contributed by atoms with van der Waals surface area (Å²) in [6.45, 7) is -0.368. The van der Waals surface area contributed by atoms with Crippen LogP contribution in [0.15, 0.2) is 76.7 Å². The van der Waals surface area contributed by atoms with Gasteiger partial charge in [0.2, 0.25) is 10.0 Å². The maximum atomic E-state index is 13.5. The number of nitrogens with zero attached hydrogens (tertiary/aromatic N) is 2. The highest BCUT2D eigenvalue weighted by Crippen LogP contribution is 2.30. The van der Waals surface area contributed by atoms with Crippen LogP contribution in [0.3, 0.4) is 0 Å². The van der Waals surface area contributed by atoms with Crippen LogP contribution in [0.4, 0.5) is 0 Å². The fourth-order valence-electron chi connectivity index (χ4n) is 3.28. The van der Waals surface area contributed by atoms with Crippen LogP contribution in [-0.4, -0.2) is 52.2 Å². The average Bonchev–Trinajstić information content (AvgIpc) is 2.88. The molecule has 36 heavy (non-hydrogen) atoms. The number of carbonyl (C=O) groups is 1. The summed E-state index contributed by atoms with van der Waals surface area (Å²) in [5.41, 5.74) is 3.91. The zero-order valence-electron chi connectivity index (χ0n) is 19.6. The van der Waals surface area contributed by atoms with Gasteiger partial charge < -0.3 is 9.47 Å². The highest BCUT2D eigenvalue weighted by molar-refractivity contribution is 7.89. The zero-order valence-corrected chi connectivity index (χ0v) is 22.0. The quantitative estimate of drug-likeness (QED) is 0.282. The summed E-state index contributed by atoms with van der Waals surface area (Å²) < 4.78 is 38.6. The number of hydrazone groups is 1. The van der Waals surface area contributed by atoms with E-state index in [0.717, 1.165) is 9.87 Å². The summed E-state index contributed by atoms with van der Waals surface area (Å²) in [4.78, 5) is 12.6. The van der Waals surface area contributed by atoms with Crippen molar-refractivity contribution in [2.45, 2.75) is 11.3 Å². The number of methoxy groups -OCH3 is 2. The molecule has 0 atom stereocenters. The standard InChI is InChI=1S/C25H25Cl2N3O5S/c1-34-23-11-9-20(15-24(23)35-2)36(32,33)30(13-12-18-6-4-3-5-7-18)17-25(31)29-28-16-19-8-10-21(26)22(27)14-19/h3-11,14-16H,12-13,17H2,1-2H3,(H,29,31)/b28-16-. The summed E-state index contributed by atoms with van der Waals surface area (Å²) in [5, 5.41) is 4.65. The lowest BCUT2D eigenvalue weighted by Crippen LogP contribution is -2.40. The van der Waals surface area contributed by atoms with Crippen molar-refractivity contribution in [2.24, 2.45) is 5.10 Å². The van der Waals surface area contributed by atoms with E-state index in [0.29, 0.717) is 27.8 Å². The number of hydrogen-bond acceptors (Lipinski definition) is 6. The van der Waals surface area contributed by atoms with Crippen molar-refractivity contribution in [3.05, 3.63) is 87.9 Å². The molecule has 0 fully saturated rings. The normalized spacial score (nSPS) is 11.6. The Morgan fingerprint density at radius 2 is 1.69 bits per heavy atom. The van der Waals surface area contributed by atoms with Crippen LogP contribution in [0.2, 0.25) is 10.0 Å². The van der Waals surface area contributed by atoms with Crippen LogP contribution in [-0.2, 0) is 21.2 Å². The number of hydrogen-bond donors (Lipinski definition) is 1. The second kappa shape index (κ2) is 12.7. The van der Waals surface area contributed by atoms with Crippen LogP contribution in [0.1, 0.15) is 11.1 Å². The molecule has 0 saturated carbocycles. The third-order valence-electron chi connectivity index (χ3n) is 5.15. The highest BCUT2D eigenvalue weighted by Gasteiger charge is 2.27. The predicted molar refractivity (Wildman–Crippen MR) is 141 cm³/mol. The first-order valence-corrected chi connectivity index (χ1v) is 13.0. The fraction of sp³-hybridized carbons (Fsp3) is 0.200. The Hall–Kier alpha value is -3.11. The van der Waals surface area contributed by atoms with Crippen molar-refractivity contribution in [1.82, 2.24) is 9.73 Å². The molecule has 1 N–H and O–H groups in total. The van der Waals surface area contributed by atoms with E-state index in [4.69, 9.17) is 32.7 Å². The number of nitrogens with one attached hydrogen (secondary N) is 1. The molecule has 190 valence electrons. The molecule has 0 aliphatic heterocycles. The molecule has 0 aromatic heterocycles. The third kappa shape index (κ3) is 7.20. The van der Waals surface area contributed by atoms with Crippen molar-refractivity contribution in [1.29, 1.82) is 0 Å². The third-order valence-corrected chi connectivity index (χ3v) is 7.73. The van der Waals surface area contributed by atoms with E-state index in [-0.39, 0.29) is 17.2 Å². The molecule has 3 rings (SSSR count). The minimum absolute atomic E-state index is 0.0275. The second-order valence-corrected chi connectivity index (χ2v) is 10.3. The van der Waals surface area contributed by atoms with Gasteiger partial charge in [-0.3, -0.25) is 4.79 Å². The first kappa shape index (κ1) is 27.5. The van der Waals surface area contributed by atoms with E-state index in [1.807, 2.05) is 30.3 Å². The first-order valence-electron chi connectivity index (χ1n) is 10.8. The smallest absolute Gasteiger partial charge is 0.255 e. The van der Waals surface area contributed by atoms with E-state index in [9.17, 15) is 13.2 Å². The van der Waals surface area contributed by atoms with Crippen LogP contribution >= 0.6 is 23.2 Å². The molecule has 0 unspecified atom stereocenters. The summed E-state index contributed by atoms with van der Waals surface area (Å²) in [5.74, 6) is 0.0438. The molecule has 3 aromatic carbocycles. The van der Waals surface area contributed by atoms with Crippen molar-refractivity contribution in [3.8, 4) is 11.5 Å². The minimum Gasteiger partial charge on any atom is -0.493 e. The van der Waals surface area contributed by atoms with Gasteiger partial charge in [0.15, 0.2) is 11.5 Å². The van der Waals surface area contributed by atoms with Crippen molar-refractivity contribution >= 4 is 45.3 Å². The van der Waals surface area contributed by atoms with Gasteiger partial charge in [-0.15, -0.1) is 0 Å². The van der Waals surface area contributed by atoms with Crippen molar-refractivity contribution in [3.63, 3.8) is 0 Å². The van der Waals surface area contributed by atoms with Gasteiger partial charge in [0, 0.05) is 12.6 Å². The van der Waals surface area contributed by atoms with E-state index < -0.39 is 22.5 Å². The minimum atomic E-state index is -4.06. The second-order valence-electron chi connectivity index (χ2n) is 7.56. The molecule has 0 spiro atoms.